The van der Waals surface area contributed by atoms with Crippen molar-refractivity contribution in [3.05, 3.63) is 83.3 Å². The van der Waals surface area contributed by atoms with Gasteiger partial charge in [-0.3, -0.25) is 4.90 Å². The Labute approximate surface area is 191 Å². The van der Waals surface area contributed by atoms with Gasteiger partial charge in [-0.2, -0.15) is 5.10 Å². The van der Waals surface area contributed by atoms with Crippen molar-refractivity contribution in [2.75, 3.05) is 13.1 Å². The van der Waals surface area contributed by atoms with E-state index in [2.05, 4.69) is 15.1 Å². The first kappa shape index (κ1) is 20.8. The smallest absolute Gasteiger partial charge is 0.136 e. The van der Waals surface area contributed by atoms with E-state index < -0.39 is 0 Å². The average Bonchev–Trinajstić information content (AvgIpc) is 3.41. The van der Waals surface area contributed by atoms with Gasteiger partial charge in [0.1, 0.15) is 18.0 Å². The van der Waals surface area contributed by atoms with Crippen molar-refractivity contribution in [1.29, 1.82) is 0 Å². The van der Waals surface area contributed by atoms with Crippen LogP contribution in [0.15, 0.2) is 61.1 Å². The van der Waals surface area contributed by atoms with Crippen molar-refractivity contribution in [2.24, 2.45) is 7.05 Å². The van der Waals surface area contributed by atoms with E-state index >= 15 is 0 Å². The molecule has 1 unspecified atom stereocenters. The molecule has 0 spiro atoms. The molecule has 1 aliphatic rings. The Morgan fingerprint density at radius 2 is 1.94 bits per heavy atom. The lowest BCUT2D eigenvalue weighted by molar-refractivity contribution is 0.195. The van der Waals surface area contributed by atoms with E-state index in [1.54, 1.807) is 23.1 Å². The predicted molar refractivity (Wildman–Crippen MR) is 122 cm³/mol. The van der Waals surface area contributed by atoms with Crippen LogP contribution in [0, 0.1) is 5.82 Å². The lowest BCUT2D eigenvalue weighted by Gasteiger charge is -2.32. The SMILES string of the molecule is Cn1cnnc1C1CCCN(Cc2cn(-c3ccc(F)cc3)nc2-c2ccccc2Cl)C1. The number of nitrogens with zero attached hydrogens (tertiary/aromatic N) is 6. The highest BCUT2D eigenvalue weighted by atomic mass is 35.5. The summed E-state index contributed by atoms with van der Waals surface area (Å²) >= 11 is 6.53. The molecule has 1 atom stereocenters. The fraction of sp³-hybridized carbons (Fsp3) is 0.292. The Bertz CT molecular complexity index is 1220. The van der Waals surface area contributed by atoms with E-state index in [-0.39, 0.29) is 5.82 Å². The van der Waals surface area contributed by atoms with Gasteiger partial charge < -0.3 is 4.57 Å². The lowest BCUT2D eigenvalue weighted by Crippen LogP contribution is -2.34. The van der Waals surface area contributed by atoms with Crippen LogP contribution in [0.1, 0.15) is 30.1 Å². The Balaban J connectivity index is 1.47. The summed E-state index contributed by atoms with van der Waals surface area (Å²) in [6.07, 6.45) is 5.99. The van der Waals surface area contributed by atoms with Crippen molar-refractivity contribution < 1.29 is 4.39 Å². The van der Waals surface area contributed by atoms with Gasteiger partial charge in [0.05, 0.1) is 16.4 Å². The molecule has 0 amide bonds. The number of rotatable bonds is 5. The number of piperidine rings is 1. The summed E-state index contributed by atoms with van der Waals surface area (Å²) in [6.45, 7) is 2.67. The van der Waals surface area contributed by atoms with Crippen LogP contribution < -0.4 is 0 Å². The molecule has 0 radical (unpaired) electrons. The fourth-order valence-electron chi connectivity index (χ4n) is 4.44. The molecule has 5 rings (SSSR count). The fourth-order valence-corrected chi connectivity index (χ4v) is 4.67. The van der Waals surface area contributed by atoms with E-state index in [0.717, 1.165) is 60.8 Å². The minimum absolute atomic E-state index is 0.268. The third-order valence-electron chi connectivity index (χ3n) is 6.02. The van der Waals surface area contributed by atoms with Crippen LogP contribution in [-0.2, 0) is 13.6 Å². The predicted octanol–water partition coefficient (Wildman–Crippen LogP) is 4.84. The largest absolute Gasteiger partial charge is 0.320 e. The van der Waals surface area contributed by atoms with Gasteiger partial charge in [-0.25, -0.2) is 9.07 Å². The van der Waals surface area contributed by atoms with E-state index in [9.17, 15) is 4.39 Å². The monoisotopic (exact) mass is 450 g/mol. The van der Waals surface area contributed by atoms with Gasteiger partial charge in [-0.1, -0.05) is 29.8 Å². The Morgan fingerprint density at radius 3 is 2.69 bits per heavy atom. The summed E-state index contributed by atoms with van der Waals surface area (Å²) in [5.74, 6) is 1.12. The zero-order valence-corrected chi connectivity index (χ0v) is 18.6. The third kappa shape index (κ3) is 4.18. The molecule has 8 heteroatoms. The molecule has 1 saturated heterocycles. The topological polar surface area (TPSA) is 51.8 Å². The summed E-state index contributed by atoms with van der Waals surface area (Å²) < 4.78 is 17.2. The third-order valence-corrected chi connectivity index (χ3v) is 6.35. The summed E-state index contributed by atoms with van der Waals surface area (Å²) in [4.78, 5) is 2.44. The molecule has 164 valence electrons. The summed E-state index contributed by atoms with van der Waals surface area (Å²) in [6, 6.07) is 14.1. The molecule has 1 aliphatic heterocycles. The zero-order valence-electron chi connectivity index (χ0n) is 17.8. The zero-order chi connectivity index (χ0) is 22.1. The molecule has 0 N–H and O–H groups in total. The highest BCUT2D eigenvalue weighted by Gasteiger charge is 2.26. The molecular formula is C24H24ClFN6. The molecule has 2 aromatic heterocycles. The molecule has 1 fully saturated rings. The molecule has 32 heavy (non-hydrogen) atoms. The Hall–Kier alpha value is -3.03. The van der Waals surface area contributed by atoms with E-state index in [4.69, 9.17) is 16.7 Å². The lowest BCUT2D eigenvalue weighted by atomic mass is 9.96. The normalized spacial score (nSPS) is 17.0. The highest BCUT2D eigenvalue weighted by Crippen LogP contribution is 2.32. The van der Waals surface area contributed by atoms with Gasteiger partial charge in [0.15, 0.2) is 0 Å². The van der Waals surface area contributed by atoms with Crippen molar-refractivity contribution >= 4 is 11.6 Å². The van der Waals surface area contributed by atoms with Crippen molar-refractivity contribution in [3.63, 3.8) is 0 Å². The summed E-state index contributed by atoms with van der Waals surface area (Å²) in [5.41, 5.74) is 3.63. The van der Waals surface area contributed by atoms with Crippen molar-refractivity contribution in [2.45, 2.75) is 25.3 Å². The average molecular weight is 451 g/mol. The number of hydrogen-bond acceptors (Lipinski definition) is 4. The van der Waals surface area contributed by atoms with Crippen LogP contribution in [0.25, 0.3) is 16.9 Å². The Kier molecular flexibility index (Phi) is 5.76. The second-order valence-electron chi connectivity index (χ2n) is 8.28. The minimum atomic E-state index is -0.268. The molecule has 6 nitrogen and oxygen atoms in total. The van der Waals surface area contributed by atoms with Gasteiger partial charge in [0, 0.05) is 43.4 Å². The first-order chi connectivity index (χ1) is 15.6. The molecule has 0 aliphatic carbocycles. The van der Waals surface area contributed by atoms with Crippen LogP contribution in [-0.4, -0.2) is 42.5 Å². The number of aryl methyl sites for hydroxylation is 1. The maximum Gasteiger partial charge on any atom is 0.136 e. The minimum Gasteiger partial charge on any atom is -0.320 e. The maximum atomic E-state index is 13.4. The molecule has 0 bridgehead atoms. The molecule has 4 aromatic rings. The number of hydrogen-bond donors (Lipinski definition) is 0. The van der Waals surface area contributed by atoms with Crippen LogP contribution in [0.4, 0.5) is 4.39 Å². The van der Waals surface area contributed by atoms with E-state index in [1.807, 2.05) is 42.1 Å². The molecule has 0 saturated carbocycles. The van der Waals surface area contributed by atoms with Gasteiger partial charge >= 0.3 is 0 Å². The molecular weight excluding hydrogens is 427 g/mol. The quantitative estimate of drug-likeness (QED) is 0.436. The summed E-state index contributed by atoms with van der Waals surface area (Å²) in [5, 5.41) is 13.9. The number of halogens is 2. The molecule has 3 heterocycles. The van der Waals surface area contributed by atoms with Gasteiger partial charge in [-0.15, -0.1) is 10.2 Å². The van der Waals surface area contributed by atoms with Gasteiger partial charge in [-0.05, 0) is 49.7 Å². The van der Waals surface area contributed by atoms with Gasteiger partial charge in [0.2, 0.25) is 0 Å². The second-order valence-corrected chi connectivity index (χ2v) is 8.69. The number of aromatic nitrogens is 5. The maximum absolute atomic E-state index is 13.4. The van der Waals surface area contributed by atoms with Crippen LogP contribution in [0.5, 0.6) is 0 Å². The van der Waals surface area contributed by atoms with Crippen molar-refractivity contribution in [3.8, 4) is 16.9 Å². The van der Waals surface area contributed by atoms with Gasteiger partial charge in [0.25, 0.3) is 0 Å². The first-order valence-corrected chi connectivity index (χ1v) is 11.1. The molecule has 2 aromatic carbocycles. The first-order valence-electron chi connectivity index (χ1n) is 10.7. The van der Waals surface area contributed by atoms with Crippen molar-refractivity contribution in [1.82, 2.24) is 29.4 Å². The van der Waals surface area contributed by atoms with E-state index in [0.29, 0.717) is 10.9 Å². The van der Waals surface area contributed by atoms with Crippen LogP contribution in [0.3, 0.4) is 0 Å². The second kappa shape index (κ2) is 8.84. The van der Waals surface area contributed by atoms with Crippen LogP contribution >= 0.6 is 11.6 Å². The number of benzene rings is 2. The highest BCUT2D eigenvalue weighted by molar-refractivity contribution is 6.33. The Morgan fingerprint density at radius 1 is 1.12 bits per heavy atom. The van der Waals surface area contributed by atoms with E-state index in [1.165, 1.54) is 12.1 Å². The number of likely N-dealkylation sites (tertiary alicyclic amines) is 1. The summed E-state index contributed by atoms with van der Waals surface area (Å²) in [7, 11) is 2.00. The van der Waals surface area contributed by atoms with Crippen LogP contribution in [0.2, 0.25) is 5.02 Å². The standard InChI is InChI=1S/C24H24ClFN6/c1-30-16-27-28-24(30)17-5-4-12-31(13-17)14-18-15-32(20-10-8-19(26)9-11-20)29-23(18)21-6-2-3-7-22(21)25/h2-3,6-11,15-17H,4-5,12-14H2,1H3.